The second-order valence-electron chi connectivity index (χ2n) is 5.68. The summed E-state index contributed by atoms with van der Waals surface area (Å²) in [5, 5.41) is 0.779. The Bertz CT molecular complexity index is 832. The summed E-state index contributed by atoms with van der Waals surface area (Å²) in [4.78, 5) is 52.3. The molecule has 10 nitrogen and oxygen atoms in total. The molecule has 0 unspecified atom stereocenters. The average molecular weight is 391 g/mol. The number of nitrogens with zero attached hydrogens (tertiary/aromatic N) is 1. The first-order valence-corrected chi connectivity index (χ1v) is 10.7. The largest absolute Gasteiger partial charge is 0.368 e. The molecule has 0 fully saturated rings. The van der Waals surface area contributed by atoms with E-state index in [2.05, 4.69) is 4.98 Å². The molecule has 1 amide bonds. The predicted molar refractivity (Wildman–Crippen MR) is 90.6 cm³/mol. The molecule has 1 heterocycles. The fourth-order valence-corrected chi connectivity index (χ4v) is 4.33. The molecule has 1 aromatic heterocycles. The fourth-order valence-electron chi connectivity index (χ4n) is 2.63. The Morgan fingerprint density at radius 3 is 2.20 bits per heavy atom. The van der Waals surface area contributed by atoms with E-state index in [0.29, 0.717) is 5.56 Å². The lowest BCUT2D eigenvalue weighted by Crippen LogP contribution is -2.46. The summed E-state index contributed by atoms with van der Waals surface area (Å²) in [6.07, 6.45) is -0.421. The molecule has 7 N–H and O–H groups in total. The van der Waals surface area contributed by atoms with Gasteiger partial charge >= 0.3 is 15.2 Å². The molecule has 0 aliphatic rings. The van der Waals surface area contributed by atoms with Crippen molar-refractivity contribution in [2.75, 3.05) is 12.6 Å². The van der Waals surface area contributed by atoms with Crippen LogP contribution in [0.15, 0.2) is 30.5 Å². The number of carbonyl (C=O) groups excluding carboxylic acids is 1. The molecule has 0 bridgehead atoms. The first-order valence-electron chi connectivity index (χ1n) is 7.14. The molecule has 0 aliphatic heterocycles. The molecule has 0 spiro atoms. The van der Waals surface area contributed by atoms with Gasteiger partial charge in [0, 0.05) is 17.1 Å². The minimum Gasteiger partial charge on any atom is -0.368 e. The van der Waals surface area contributed by atoms with Crippen LogP contribution >= 0.6 is 15.2 Å². The highest BCUT2D eigenvalue weighted by Crippen LogP contribution is 2.42. The molecule has 138 valence electrons. The number of fused-ring (bicyclic) bond motifs is 1. The molecule has 0 aliphatic carbocycles. The van der Waals surface area contributed by atoms with Gasteiger partial charge in [-0.15, -0.1) is 0 Å². The van der Waals surface area contributed by atoms with E-state index in [1.54, 1.807) is 24.4 Å². The Morgan fingerprint density at radius 1 is 1.12 bits per heavy atom. The Hall–Kier alpha value is -1.51. The van der Waals surface area contributed by atoms with E-state index in [9.17, 15) is 33.5 Å². The lowest BCUT2D eigenvalue weighted by atomic mass is 10.0. The summed E-state index contributed by atoms with van der Waals surface area (Å²) in [5.74, 6) is -0.938. The van der Waals surface area contributed by atoms with E-state index >= 15 is 0 Å². The van der Waals surface area contributed by atoms with Crippen LogP contribution < -0.4 is 5.73 Å². The summed E-state index contributed by atoms with van der Waals surface area (Å²) in [6, 6.07) is 5.89. The van der Waals surface area contributed by atoms with Crippen LogP contribution in [-0.4, -0.2) is 54.0 Å². The third-order valence-corrected chi connectivity index (χ3v) is 5.05. The van der Waals surface area contributed by atoms with Gasteiger partial charge in [-0.3, -0.25) is 18.8 Å². The Kier molecular flexibility index (Phi) is 5.86. The summed E-state index contributed by atoms with van der Waals surface area (Å²) in [6.45, 7) is 0. The van der Waals surface area contributed by atoms with Crippen LogP contribution in [-0.2, 0) is 20.3 Å². The van der Waals surface area contributed by atoms with Gasteiger partial charge in [0.1, 0.15) is 12.6 Å². The third-order valence-electron chi connectivity index (χ3n) is 3.59. The van der Waals surface area contributed by atoms with Gasteiger partial charge in [0.25, 0.3) is 0 Å². The van der Waals surface area contributed by atoms with Crippen LogP contribution in [0.5, 0.6) is 0 Å². The maximum Gasteiger partial charge on any atom is 0.339 e. The molecule has 12 heteroatoms. The molecule has 1 aromatic carbocycles. The maximum absolute atomic E-state index is 11.8. The number of H-pyrrole nitrogens is 1. The van der Waals surface area contributed by atoms with E-state index in [-0.39, 0.29) is 6.42 Å². The van der Waals surface area contributed by atoms with Gasteiger partial charge in [-0.05, 0) is 18.1 Å². The number of hydrogen-bond donors (Lipinski definition) is 6. The van der Waals surface area contributed by atoms with E-state index in [4.69, 9.17) is 5.73 Å². The molecule has 0 saturated heterocycles. The quantitative estimate of drug-likeness (QED) is 0.344. The number of aromatic amines is 1. The highest BCUT2D eigenvalue weighted by Gasteiger charge is 2.34. The Morgan fingerprint density at radius 2 is 1.68 bits per heavy atom. The molecule has 1 atom stereocenters. The monoisotopic (exact) mass is 391 g/mol. The topological polar surface area (TPSA) is 177 Å². The standard InChI is InChI=1S/C13H19N3O7P2/c14-13(17)12(16(7-24(18,19)20)8-25(21,22)23)5-9-6-15-11-4-2-1-3-10(9)11/h1-4,6,12,15H,5,7-8H2,(H2,14,17)(H2,18,19,20)(H2,21,22,23)/t12-/m0/s1. The molecule has 2 rings (SSSR count). The van der Waals surface area contributed by atoms with Crippen LogP contribution in [0.3, 0.4) is 0 Å². The third kappa shape index (κ3) is 5.76. The zero-order chi connectivity index (χ0) is 18.8. The number of para-hydroxylation sites is 1. The molecular weight excluding hydrogens is 372 g/mol. The summed E-state index contributed by atoms with van der Waals surface area (Å²) in [5.41, 5.74) is 6.77. The smallest absolute Gasteiger partial charge is 0.339 e. The van der Waals surface area contributed by atoms with Crippen LogP contribution in [0.4, 0.5) is 0 Å². The molecule has 25 heavy (non-hydrogen) atoms. The zero-order valence-electron chi connectivity index (χ0n) is 13.0. The maximum atomic E-state index is 11.8. The van der Waals surface area contributed by atoms with Crippen molar-refractivity contribution < 1.29 is 33.5 Å². The Labute approximate surface area is 143 Å². The predicted octanol–water partition coefficient (Wildman–Crippen LogP) is 0.137. The van der Waals surface area contributed by atoms with Gasteiger partial charge in [0.2, 0.25) is 5.91 Å². The van der Waals surface area contributed by atoms with Crippen molar-refractivity contribution in [3.05, 3.63) is 36.0 Å². The second-order valence-corrected chi connectivity index (χ2v) is 8.91. The van der Waals surface area contributed by atoms with Crippen molar-refractivity contribution in [2.45, 2.75) is 12.5 Å². The number of primary amides is 1. The molecule has 2 aromatic rings. The first-order chi connectivity index (χ1) is 11.5. The van der Waals surface area contributed by atoms with Crippen molar-refractivity contribution in [3.8, 4) is 0 Å². The van der Waals surface area contributed by atoms with Crippen LogP contribution in [0, 0.1) is 0 Å². The number of carbonyl (C=O) groups is 1. The van der Waals surface area contributed by atoms with Crippen LogP contribution in [0.1, 0.15) is 5.56 Å². The lowest BCUT2D eigenvalue weighted by molar-refractivity contribution is -0.122. The molecular formula is C13H19N3O7P2. The minimum atomic E-state index is -4.67. The second kappa shape index (κ2) is 7.39. The highest BCUT2D eigenvalue weighted by molar-refractivity contribution is 7.52. The Balaban J connectivity index is 2.36. The average Bonchev–Trinajstić information content (AvgIpc) is 2.83. The van der Waals surface area contributed by atoms with Crippen molar-refractivity contribution >= 4 is 32.0 Å². The number of nitrogens with one attached hydrogen (secondary N) is 1. The van der Waals surface area contributed by atoms with E-state index < -0.39 is 39.7 Å². The van der Waals surface area contributed by atoms with Gasteiger partial charge in [-0.25, -0.2) is 0 Å². The van der Waals surface area contributed by atoms with E-state index in [1.165, 1.54) is 0 Å². The first kappa shape index (κ1) is 19.8. The van der Waals surface area contributed by atoms with Gasteiger partial charge in [-0.1, -0.05) is 18.2 Å². The van der Waals surface area contributed by atoms with Crippen molar-refractivity contribution in [2.24, 2.45) is 5.73 Å². The number of aromatic nitrogens is 1. The normalized spacial score (nSPS) is 14.1. The number of benzene rings is 1. The van der Waals surface area contributed by atoms with Gasteiger partial charge in [0.15, 0.2) is 0 Å². The van der Waals surface area contributed by atoms with Crippen molar-refractivity contribution in [1.82, 2.24) is 9.88 Å². The SMILES string of the molecule is NC(=O)[C@H](Cc1c[nH]c2ccccc12)N(CP(=O)(O)O)CP(=O)(O)O. The fraction of sp³-hybridized carbons (Fsp3) is 0.308. The molecule has 0 saturated carbocycles. The van der Waals surface area contributed by atoms with Crippen LogP contribution in [0.2, 0.25) is 0 Å². The lowest BCUT2D eigenvalue weighted by Gasteiger charge is -2.29. The number of amides is 1. The van der Waals surface area contributed by atoms with Crippen molar-refractivity contribution in [1.29, 1.82) is 0 Å². The highest BCUT2D eigenvalue weighted by atomic mass is 31.2. The summed E-state index contributed by atoms with van der Waals surface area (Å²) >= 11 is 0. The number of nitrogens with two attached hydrogens (primary N) is 1. The summed E-state index contributed by atoms with van der Waals surface area (Å²) in [7, 11) is -9.35. The zero-order valence-corrected chi connectivity index (χ0v) is 14.8. The van der Waals surface area contributed by atoms with Gasteiger partial charge < -0.3 is 30.3 Å². The van der Waals surface area contributed by atoms with Gasteiger partial charge in [-0.2, -0.15) is 0 Å². The van der Waals surface area contributed by atoms with Crippen molar-refractivity contribution in [3.63, 3.8) is 0 Å². The number of hydrogen-bond acceptors (Lipinski definition) is 4. The molecule has 0 radical (unpaired) electrons. The summed E-state index contributed by atoms with van der Waals surface area (Å²) < 4.78 is 22.6. The van der Waals surface area contributed by atoms with Crippen LogP contribution in [0.25, 0.3) is 10.9 Å². The minimum absolute atomic E-state index is 0.0562. The van der Waals surface area contributed by atoms with E-state index in [1.807, 2.05) is 6.07 Å². The van der Waals surface area contributed by atoms with Gasteiger partial charge in [0.05, 0.1) is 6.04 Å². The number of rotatable bonds is 8. The van der Waals surface area contributed by atoms with E-state index in [0.717, 1.165) is 15.8 Å².